The third-order valence-corrected chi connectivity index (χ3v) is 4.47. The summed E-state index contributed by atoms with van der Waals surface area (Å²) in [5, 5.41) is 3.10. The van der Waals surface area contributed by atoms with Gasteiger partial charge in [-0.3, -0.25) is 4.79 Å². The van der Waals surface area contributed by atoms with Crippen LogP contribution in [0.3, 0.4) is 0 Å². The van der Waals surface area contributed by atoms with Crippen molar-refractivity contribution in [2.45, 2.75) is 45.1 Å². The number of carbonyl (C=O) groups excluding carboxylic acids is 1. The van der Waals surface area contributed by atoms with Crippen molar-refractivity contribution in [3.8, 4) is 0 Å². The SMILES string of the molecule is CC1CC(N)CCC1C(=O)NCCN1CCCC1. The second-order valence-corrected chi connectivity index (χ2v) is 6.00. The molecular weight excluding hydrogens is 226 g/mol. The van der Waals surface area contributed by atoms with E-state index in [0.29, 0.717) is 12.0 Å². The molecule has 2 fully saturated rings. The number of hydrogen-bond acceptors (Lipinski definition) is 3. The summed E-state index contributed by atoms with van der Waals surface area (Å²) in [5.74, 6) is 0.859. The number of nitrogens with one attached hydrogen (secondary N) is 1. The zero-order chi connectivity index (χ0) is 13.0. The number of carbonyl (C=O) groups is 1. The van der Waals surface area contributed by atoms with Crippen LogP contribution in [-0.2, 0) is 4.79 Å². The summed E-state index contributed by atoms with van der Waals surface area (Å²) in [7, 11) is 0. The van der Waals surface area contributed by atoms with E-state index in [1.807, 2.05) is 0 Å². The molecule has 3 N–H and O–H groups in total. The van der Waals surface area contributed by atoms with Gasteiger partial charge in [0.25, 0.3) is 0 Å². The number of likely N-dealkylation sites (tertiary alicyclic amines) is 1. The minimum atomic E-state index is 0.184. The Hall–Kier alpha value is -0.610. The molecule has 1 amide bonds. The summed E-state index contributed by atoms with van der Waals surface area (Å²) in [6.07, 6.45) is 5.56. The first-order chi connectivity index (χ1) is 8.66. The van der Waals surface area contributed by atoms with Gasteiger partial charge in [-0.05, 0) is 51.1 Å². The molecule has 0 aromatic carbocycles. The molecular formula is C14H27N3O. The monoisotopic (exact) mass is 253 g/mol. The summed E-state index contributed by atoms with van der Waals surface area (Å²) < 4.78 is 0. The lowest BCUT2D eigenvalue weighted by molar-refractivity contribution is -0.127. The van der Waals surface area contributed by atoms with Gasteiger partial charge in [-0.2, -0.15) is 0 Å². The molecule has 0 aromatic heterocycles. The van der Waals surface area contributed by atoms with Crippen molar-refractivity contribution in [3.63, 3.8) is 0 Å². The minimum Gasteiger partial charge on any atom is -0.355 e. The lowest BCUT2D eigenvalue weighted by Crippen LogP contribution is -2.42. The lowest BCUT2D eigenvalue weighted by Gasteiger charge is -2.31. The van der Waals surface area contributed by atoms with E-state index in [2.05, 4.69) is 17.1 Å². The van der Waals surface area contributed by atoms with Gasteiger partial charge in [-0.15, -0.1) is 0 Å². The number of hydrogen-bond donors (Lipinski definition) is 2. The maximum atomic E-state index is 12.1. The molecule has 1 aliphatic carbocycles. The Kier molecular flexibility index (Phi) is 5.01. The van der Waals surface area contributed by atoms with Crippen LogP contribution in [-0.4, -0.2) is 43.0 Å². The quantitative estimate of drug-likeness (QED) is 0.784. The molecule has 1 heterocycles. The molecule has 1 aliphatic heterocycles. The smallest absolute Gasteiger partial charge is 0.223 e. The highest BCUT2D eigenvalue weighted by atomic mass is 16.1. The third-order valence-electron chi connectivity index (χ3n) is 4.47. The first-order valence-electron chi connectivity index (χ1n) is 7.42. The van der Waals surface area contributed by atoms with E-state index in [-0.39, 0.29) is 11.8 Å². The largest absolute Gasteiger partial charge is 0.355 e. The van der Waals surface area contributed by atoms with E-state index < -0.39 is 0 Å². The van der Waals surface area contributed by atoms with Crippen LogP contribution in [0.2, 0.25) is 0 Å². The van der Waals surface area contributed by atoms with Crippen LogP contribution >= 0.6 is 0 Å². The third kappa shape index (κ3) is 3.69. The van der Waals surface area contributed by atoms with E-state index in [4.69, 9.17) is 5.73 Å². The molecule has 0 radical (unpaired) electrons. The molecule has 3 atom stereocenters. The predicted octanol–water partition coefficient (Wildman–Crippen LogP) is 0.962. The average molecular weight is 253 g/mol. The fourth-order valence-corrected chi connectivity index (χ4v) is 3.30. The summed E-state index contributed by atoms with van der Waals surface area (Å²) in [4.78, 5) is 14.5. The summed E-state index contributed by atoms with van der Waals surface area (Å²) >= 11 is 0. The Balaban J connectivity index is 1.67. The van der Waals surface area contributed by atoms with E-state index in [1.54, 1.807) is 0 Å². The van der Waals surface area contributed by atoms with Crippen molar-refractivity contribution >= 4 is 5.91 Å². The molecule has 4 heteroatoms. The van der Waals surface area contributed by atoms with E-state index in [9.17, 15) is 4.79 Å². The molecule has 0 spiro atoms. The van der Waals surface area contributed by atoms with E-state index in [1.165, 1.54) is 25.9 Å². The lowest BCUT2D eigenvalue weighted by atomic mass is 9.78. The zero-order valence-electron chi connectivity index (χ0n) is 11.5. The van der Waals surface area contributed by atoms with Gasteiger partial charge in [0.1, 0.15) is 0 Å². The Morgan fingerprint density at radius 3 is 2.72 bits per heavy atom. The first kappa shape index (κ1) is 13.8. The molecule has 18 heavy (non-hydrogen) atoms. The molecule has 2 aliphatic rings. The standard InChI is InChI=1S/C14H27N3O/c1-11-10-12(15)4-5-13(11)14(18)16-6-9-17-7-2-3-8-17/h11-13H,2-10,15H2,1H3,(H,16,18). The van der Waals surface area contributed by atoms with Crippen molar-refractivity contribution in [1.82, 2.24) is 10.2 Å². The van der Waals surface area contributed by atoms with Crippen LogP contribution in [0, 0.1) is 11.8 Å². The Morgan fingerprint density at radius 1 is 1.33 bits per heavy atom. The summed E-state index contributed by atoms with van der Waals surface area (Å²) in [6, 6.07) is 0.300. The zero-order valence-corrected chi connectivity index (χ0v) is 11.5. The maximum absolute atomic E-state index is 12.1. The molecule has 0 bridgehead atoms. The molecule has 2 rings (SSSR count). The summed E-state index contributed by atoms with van der Waals surface area (Å²) in [5.41, 5.74) is 5.93. The fourth-order valence-electron chi connectivity index (χ4n) is 3.30. The van der Waals surface area contributed by atoms with Crippen molar-refractivity contribution in [2.24, 2.45) is 17.6 Å². The van der Waals surface area contributed by atoms with Crippen LogP contribution in [0.15, 0.2) is 0 Å². The van der Waals surface area contributed by atoms with E-state index in [0.717, 1.165) is 32.4 Å². The van der Waals surface area contributed by atoms with Gasteiger partial charge < -0.3 is 16.0 Å². The van der Waals surface area contributed by atoms with Crippen molar-refractivity contribution in [2.75, 3.05) is 26.2 Å². The van der Waals surface area contributed by atoms with Gasteiger partial charge in [0.15, 0.2) is 0 Å². The molecule has 1 saturated carbocycles. The van der Waals surface area contributed by atoms with Crippen molar-refractivity contribution in [3.05, 3.63) is 0 Å². The van der Waals surface area contributed by atoms with Crippen LogP contribution in [0.1, 0.15) is 39.0 Å². The molecule has 1 saturated heterocycles. The number of amides is 1. The normalized spacial score (nSPS) is 33.6. The predicted molar refractivity (Wildman–Crippen MR) is 73.2 cm³/mol. The molecule has 0 aromatic rings. The minimum absolute atomic E-state index is 0.184. The van der Waals surface area contributed by atoms with E-state index >= 15 is 0 Å². The van der Waals surface area contributed by atoms with Crippen LogP contribution in [0.5, 0.6) is 0 Å². The van der Waals surface area contributed by atoms with Gasteiger partial charge in [0.2, 0.25) is 5.91 Å². The Bertz CT molecular complexity index is 276. The average Bonchev–Trinajstić information content (AvgIpc) is 2.81. The highest BCUT2D eigenvalue weighted by Crippen LogP contribution is 2.29. The van der Waals surface area contributed by atoms with Crippen LogP contribution < -0.4 is 11.1 Å². The number of nitrogens with two attached hydrogens (primary N) is 1. The second-order valence-electron chi connectivity index (χ2n) is 6.00. The van der Waals surface area contributed by atoms with Gasteiger partial charge in [0.05, 0.1) is 0 Å². The second kappa shape index (κ2) is 6.53. The molecule has 104 valence electrons. The summed E-state index contributed by atoms with van der Waals surface area (Å²) in [6.45, 7) is 6.36. The van der Waals surface area contributed by atoms with Crippen LogP contribution in [0.4, 0.5) is 0 Å². The van der Waals surface area contributed by atoms with Gasteiger partial charge in [-0.1, -0.05) is 6.92 Å². The topological polar surface area (TPSA) is 58.4 Å². The Morgan fingerprint density at radius 2 is 2.06 bits per heavy atom. The molecule has 3 unspecified atom stereocenters. The van der Waals surface area contributed by atoms with Crippen molar-refractivity contribution < 1.29 is 4.79 Å². The van der Waals surface area contributed by atoms with Gasteiger partial charge >= 0.3 is 0 Å². The van der Waals surface area contributed by atoms with Gasteiger partial charge in [-0.25, -0.2) is 0 Å². The Labute approximate surface area is 110 Å². The first-order valence-corrected chi connectivity index (χ1v) is 7.42. The number of nitrogens with zero attached hydrogens (tertiary/aromatic N) is 1. The van der Waals surface area contributed by atoms with Crippen molar-refractivity contribution in [1.29, 1.82) is 0 Å². The van der Waals surface area contributed by atoms with Crippen LogP contribution in [0.25, 0.3) is 0 Å². The fraction of sp³-hybridized carbons (Fsp3) is 0.929. The molecule has 4 nitrogen and oxygen atoms in total. The highest BCUT2D eigenvalue weighted by Gasteiger charge is 2.30. The van der Waals surface area contributed by atoms with Gasteiger partial charge in [0, 0.05) is 25.0 Å². The maximum Gasteiger partial charge on any atom is 0.223 e. The number of rotatable bonds is 4. The highest BCUT2D eigenvalue weighted by molar-refractivity contribution is 5.79.